The second-order valence-corrected chi connectivity index (χ2v) is 5.60. The van der Waals surface area contributed by atoms with E-state index in [-0.39, 0.29) is 12.2 Å². The molecule has 0 aliphatic rings. The van der Waals surface area contributed by atoms with Crippen LogP contribution in [0.15, 0.2) is 45.5 Å². The maximum Gasteiger partial charge on any atom is 0.186 e. The van der Waals surface area contributed by atoms with Crippen LogP contribution in [-0.2, 0) is 6.42 Å². The van der Waals surface area contributed by atoms with Crippen LogP contribution in [0.3, 0.4) is 0 Å². The minimum atomic E-state index is -0.0403. The van der Waals surface area contributed by atoms with Gasteiger partial charge in [-0.1, -0.05) is 15.9 Å². The molecule has 0 spiro atoms. The van der Waals surface area contributed by atoms with E-state index in [1.165, 1.54) is 0 Å². The number of benzene rings is 1. The van der Waals surface area contributed by atoms with Crippen molar-refractivity contribution in [2.24, 2.45) is 0 Å². The normalized spacial score (nSPS) is 10.3. The van der Waals surface area contributed by atoms with E-state index in [1.54, 1.807) is 25.4 Å². The van der Waals surface area contributed by atoms with Crippen molar-refractivity contribution in [3.8, 4) is 5.75 Å². The minimum absolute atomic E-state index is 0.0403. The highest BCUT2D eigenvalue weighted by atomic mass is 79.9. The van der Waals surface area contributed by atoms with Crippen molar-refractivity contribution in [1.82, 2.24) is 4.98 Å². The lowest BCUT2D eigenvalue weighted by Gasteiger charge is -2.07. The monoisotopic (exact) mass is 383 g/mol. The Kier molecular flexibility index (Phi) is 4.71. The summed E-state index contributed by atoms with van der Waals surface area (Å²) >= 11 is 6.78. The Balaban J connectivity index is 2.26. The fourth-order valence-corrected chi connectivity index (χ4v) is 2.52. The van der Waals surface area contributed by atoms with Crippen LogP contribution in [0.5, 0.6) is 5.75 Å². The van der Waals surface area contributed by atoms with Crippen LogP contribution in [0, 0.1) is 0 Å². The van der Waals surface area contributed by atoms with Gasteiger partial charge in [0.1, 0.15) is 11.4 Å². The Hall–Kier alpha value is -1.20. The molecule has 5 heteroatoms. The third-order valence-electron chi connectivity index (χ3n) is 2.63. The number of carbonyl (C=O) groups excluding carboxylic acids is 1. The van der Waals surface area contributed by atoms with Gasteiger partial charge in [-0.2, -0.15) is 0 Å². The summed E-state index contributed by atoms with van der Waals surface area (Å²) in [6.45, 7) is 0. The fourth-order valence-electron chi connectivity index (χ4n) is 1.66. The second-order valence-electron chi connectivity index (χ2n) is 3.89. The molecule has 0 amide bonds. The molecule has 2 aromatic rings. The summed E-state index contributed by atoms with van der Waals surface area (Å²) in [7, 11) is 1.60. The molecule has 98 valence electrons. The molecule has 0 unspecified atom stereocenters. The quantitative estimate of drug-likeness (QED) is 0.746. The van der Waals surface area contributed by atoms with Crippen LogP contribution >= 0.6 is 31.9 Å². The van der Waals surface area contributed by atoms with Crippen molar-refractivity contribution in [3.63, 3.8) is 0 Å². The molecule has 0 aliphatic heterocycles. The van der Waals surface area contributed by atoms with Crippen LogP contribution < -0.4 is 4.74 Å². The van der Waals surface area contributed by atoms with Gasteiger partial charge in [-0.05, 0) is 51.8 Å². The standard InChI is InChI=1S/C14H11Br2NO2/c1-19-10-4-5-11(15)9(7-10)8-13(18)14-12(16)3-2-6-17-14/h2-7H,8H2,1H3. The fraction of sp³-hybridized carbons (Fsp3) is 0.143. The molecule has 0 N–H and O–H groups in total. The third-order valence-corrected chi connectivity index (χ3v) is 4.04. The lowest BCUT2D eigenvalue weighted by molar-refractivity contribution is 0.0987. The van der Waals surface area contributed by atoms with E-state index in [0.717, 1.165) is 15.8 Å². The lowest BCUT2D eigenvalue weighted by Crippen LogP contribution is -2.07. The average molecular weight is 385 g/mol. The van der Waals surface area contributed by atoms with Gasteiger partial charge in [0.2, 0.25) is 0 Å². The SMILES string of the molecule is COc1ccc(Br)c(CC(=O)c2ncccc2Br)c1. The number of Topliss-reactive ketones (excluding diaryl/α,β-unsaturated/α-hetero) is 1. The molecule has 0 fully saturated rings. The molecule has 0 saturated heterocycles. The molecule has 19 heavy (non-hydrogen) atoms. The first-order valence-electron chi connectivity index (χ1n) is 5.58. The minimum Gasteiger partial charge on any atom is -0.497 e. The second kappa shape index (κ2) is 6.30. The zero-order valence-corrected chi connectivity index (χ0v) is 13.4. The first-order valence-corrected chi connectivity index (χ1v) is 7.16. The summed E-state index contributed by atoms with van der Waals surface area (Å²) in [6, 6.07) is 9.14. The van der Waals surface area contributed by atoms with Crippen LogP contribution in [-0.4, -0.2) is 17.9 Å². The first kappa shape index (κ1) is 14.2. The Morgan fingerprint density at radius 3 is 2.74 bits per heavy atom. The van der Waals surface area contributed by atoms with E-state index in [2.05, 4.69) is 36.8 Å². The molecule has 2 rings (SSSR count). The highest BCUT2D eigenvalue weighted by Crippen LogP contribution is 2.24. The number of pyridine rings is 1. The number of hydrogen-bond donors (Lipinski definition) is 0. The summed E-state index contributed by atoms with van der Waals surface area (Å²) in [5, 5.41) is 0. The molecule has 0 bridgehead atoms. The summed E-state index contributed by atoms with van der Waals surface area (Å²) in [5.74, 6) is 0.688. The predicted octanol–water partition coefficient (Wildman–Crippen LogP) is 4.04. The van der Waals surface area contributed by atoms with E-state index >= 15 is 0 Å². The molecule has 1 heterocycles. The van der Waals surface area contributed by atoms with Gasteiger partial charge >= 0.3 is 0 Å². The van der Waals surface area contributed by atoms with Gasteiger partial charge < -0.3 is 4.74 Å². The molecule has 0 saturated carbocycles. The highest BCUT2D eigenvalue weighted by molar-refractivity contribution is 9.10. The van der Waals surface area contributed by atoms with Gasteiger partial charge in [0, 0.05) is 21.6 Å². The van der Waals surface area contributed by atoms with Gasteiger partial charge in [-0.3, -0.25) is 9.78 Å². The van der Waals surface area contributed by atoms with Crippen molar-refractivity contribution in [2.45, 2.75) is 6.42 Å². The summed E-state index contributed by atoms with van der Waals surface area (Å²) in [4.78, 5) is 16.3. The average Bonchev–Trinajstić information content (AvgIpc) is 2.41. The number of ketones is 1. The van der Waals surface area contributed by atoms with Crippen molar-refractivity contribution < 1.29 is 9.53 Å². The van der Waals surface area contributed by atoms with E-state index in [0.29, 0.717) is 10.2 Å². The Morgan fingerprint density at radius 1 is 1.26 bits per heavy atom. The van der Waals surface area contributed by atoms with E-state index in [9.17, 15) is 4.79 Å². The topological polar surface area (TPSA) is 39.2 Å². The van der Waals surface area contributed by atoms with Crippen LogP contribution in [0.1, 0.15) is 16.1 Å². The molecule has 1 aromatic heterocycles. The van der Waals surface area contributed by atoms with Gasteiger partial charge in [0.25, 0.3) is 0 Å². The Morgan fingerprint density at radius 2 is 2.05 bits per heavy atom. The lowest BCUT2D eigenvalue weighted by atomic mass is 10.1. The number of carbonyl (C=O) groups is 1. The zero-order valence-electron chi connectivity index (χ0n) is 10.2. The van der Waals surface area contributed by atoms with Crippen molar-refractivity contribution in [2.75, 3.05) is 7.11 Å². The Labute approximate surface area is 128 Å². The number of halogens is 2. The predicted molar refractivity (Wildman–Crippen MR) is 80.7 cm³/mol. The molecule has 1 aromatic carbocycles. The van der Waals surface area contributed by atoms with E-state index in [1.807, 2.05) is 18.2 Å². The van der Waals surface area contributed by atoms with Crippen LogP contribution in [0.2, 0.25) is 0 Å². The maximum atomic E-state index is 12.2. The maximum absolute atomic E-state index is 12.2. The van der Waals surface area contributed by atoms with Crippen molar-refractivity contribution >= 4 is 37.6 Å². The largest absolute Gasteiger partial charge is 0.497 e. The first-order chi connectivity index (χ1) is 9.11. The summed E-state index contributed by atoms with van der Waals surface area (Å²) in [6.07, 6.45) is 1.88. The number of nitrogens with zero attached hydrogens (tertiary/aromatic N) is 1. The van der Waals surface area contributed by atoms with E-state index in [4.69, 9.17) is 4.74 Å². The van der Waals surface area contributed by atoms with Gasteiger partial charge in [0.05, 0.1) is 7.11 Å². The molecule has 0 aliphatic carbocycles. The number of rotatable bonds is 4. The summed E-state index contributed by atoms with van der Waals surface area (Å²) < 4.78 is 6.75. The molecular formula is C14H11Br2NO2. The third kappa shape index (κ3) is 3.42. The van der Waals surface area contributed by atoms with Crippen LogP contribution in [0.4, 0.5) is 0 Å². The number of hydrogen-bond acceptors (Lipinski definition) is 3. The Bertz CT molecular complexity index is 614. The number of ether oxygens (including phenoxy) is 1. The molecule has 0 atom stereocenters. The molecule has 0 radical (unpaired) electrons. The zero-order chi connectivity index (χ0) is 13.8. The smallest absolute Gasteiger partial charge is 0.186 e. The van der Waals surface area contributed by atoms with Gasteiger partial charge in [-0.25, -0.2) is 0 Å². The van der Waals surface area contributed by atoms with Crippen molar-refractivity contribution in [3.05, 3.63) is 56.7 Å². The van der Waals surface area contributed by atoms with Gasteiger partial charge in [0.15, 0.2) is 5.78 Å². The van der Waals surface area contributed by atoms with E-state index < -0.39 is 0 Å². The highest BCUT2D eigenvalue weighted by Gasteiger charge is 2.14. The summed E-state index contributed by atoms with van der Waals surface area (Å²) in [5.41, 5.74) is 1.32. The van der Waals surface area contributed by atoms with Crippen LogP contribution in [0.25, 0.3) is 0 Å². The molecular weight excluding hydrogens is 374 g/mol. The van der Waals surface area contributed by atoms with Crippen molar-refractivity contribution in [1.29, 1.82) is 0 Å². The molecule has 3 nitrogen and oxygen atoms in total. The number of methoxy groups -OCH3 is 1. The van der Waals surface area contributed by atoms with Gasteiger partial charge in [-0.15, -0.1) is 0 Å². The number of aromatic nitrogens is 1.